The fraction of sp³-hybridized carbons (Fsp3) is 0.571. The summed E-state index contributed by atoms with van der Waals surface area (Å²) in [5.41, 5.74) is 1.02. The smallest absolute Gasteiger partial charge is 0.161 e. The minimum Gasteiger partial charge on any atom is -0.493 e. The van der Waals surface area contributed by atoms with Crippen LogP contribution in [-0.2, 0) is 4.74 Å². The molecule has 0 bridgehead atoms. The Hall–Kier alpha value is -0.930. The van der Waals surface area contributed by atoms with E-state index in [9.17, 15) is 0 Å². The zero-order valence-corrected chi connectivity index (χ0v) is 11.6. The zero-order valence-electron chi connectivity index (χ0n) is 10.8. The van der Waals surface area contributed by atoms with Crippen LogP contribution < -0.4 is 9.47 Å². The van der Waals surface area contributed by atoms with Gasteiger partial charge in [0.05, 0.1) is 25.7 Å². The summed E-state index contributed by atoms with van der Waals surface area (Å²) in [6, 6.07) is 5.78. The predicted octanol–water partition coefficient (Wildman–Crippen LogP) is 3.55. The third kappa shape index (κ3) is 2.90. The first-order valence-electron chi connectivity index (χ1n) is 6.24. The molecule has 2 rings (SSSR count). The molecule has 0 N–H and O–H groups in total. The van der Waals surface area contributed by atoms with Crippen molar-refractivity contribution in [1.82, 2.24) is 0 Å². The molecule has 0 radical (unpaired) electrons. The van der Waals surface area contributed by atoms with Crippen molar-refractivity contribution in [1.29, 1.82) is 0 Å². The van der Waals surface area contributed by atoms with Crippen LogP contribution in [0.2, 0.25) is 0 Å². The summed E-state index contributed by atoms with van der Waals surface area (Å²) in [7, 11) is 3.25. The number of methoxy groups -OCH3 is 2. The Kier molecular flexibility index (Phi) is 4.72. The van der Waals surface area contributed by atoms with Gasteiger partial charge in [-0.3, -0.25) is 0 Å². The van der Waals surface area contributed by atoms with Crippen LogP contribution in [0.25, 0.3) is 0 Å². The molecule has 100 valence electrons. The second-order valence-electron chi connectivity index (χ2n) is 4.42. The molecule has 0 saturated carbocycles. The highest BCUT2D eigenvalue weighted by Crippen LogP contribution is 2.36. The Labute approximate surface area is 113 Å². The highest BCUT2D eigenvalue weighted by molar-refractivity contribution is 6.21. The average Bonchev–Trinajstić information content (AvgIpc) is 2.46. The highest BCUT2D eigenvalue weighted by atomic mass is 35.5. The molecule has 1 aromatic rings. The van der Waals surface area contributed by atoms with Crippen molar-refractivity contribution in [3.63, 3.8) is 0 Å². The summed E-state index contributed by atoms with van der Waals surface area (Å²) in [6.07, 6.45) is 3.42. The van der Waals surface area contributed by atoms with Crippen molar-refractivity contribution in [2.45, 2.75) is 30.7 Å². The van der Waals surface area contributed by atoms with Gasteiger partial charge in [-0.05, 0) is 37.0 Å². The van der Waals surface area contributed by atoms with E-state index >= 15 is 0 Å². The van der Waals surface area contributed by atoms with Crippen LogP contribution in [0.4, 0.5) is 0 Å². The van der Waals surface area contributed by atoms with Crippen LogP contribution in [0, 0.1) is 0 Å². The van der Waals surface area contributed by atoms with Crippen molar-refractivity contribution < 1.29 is 14.2 Å². The number of ether oxygens (including phenoxy) is 3. The zero-order chi connectivity index (χ0) is 13.0. The lowest BCUT2D eigenvalue weighted by molar-refractivity contribution is 0.0135. The lowest BCUT2D eigenvalue weighted by Crippen LogP contribution is -2.23. The van der Waals surface area contributed by atoms with Crippen molar-refractivity contribution in [3.05, 3.63) is 23.8 Å². The summed E-state index contributed by atoms with van der Waals surface area (Å²) < 4.78 is 16.2. The SMILES string of the molecule is COc1ccc(C(Cl)C2CCCCO2)cc1OC. The lowest BCUT2D eigenvalue weighted by atomic mass is 10.0. The molecule has 2 atom stereocenters. The van der Waals surface area contributed by atoms with Crippen LogP contribution in [0.1, 0.15) is 30.2 Å². The number of alkyl halides is 1. The highest BCUT2D eigenvalue weighted by Gasteiger charge is 2.24. The molecule has 2 unspecified atom stereocenters. The largest absolute Gasteiger partial charge is 0.493 e. The molecule has 0 amide bonds. The van der Waals surface area contributed by atoms with Gasteiger partial charge in [0, 0.05) is 6.61 Å². The topological polar surface area (TPSA) is 27.7 Å². The molecule has 0 spiro atoms. The third-order valence-corrected chi connectivity index (χ3v) is 3.80. The van der Waals surface area contributed by atoms with E-state index in [1.165, 1.54) is 6.42 Å². The summed E-state index contributed by atoms with van der Waals surface area (Å²) in [5, 5.41) is -0.134. The molecule has 1 aliphatic heterocycles. The van der Waals surface area contributed by atoms with Gasteiger partial charge in [-0.25, -0.2) is 0 Å². The van der Waals surface area contributed by atoms with Gasteiger partial charge < -0.3 is 14.2 Å². The van der Waals surface area contributed by atoms with E-state index in [0.29, 0.717) is 5.75 Å². The Morgan fingerprint density at radius 2 is 2.00 bits per heavy atom. The normalized spacial score (nSPS) is 21.4. The van der Waals surface area contributed by atoms with Crippen molar-refractivity contribution >= 4 is 11.6 Å². The molecule has 3 nitrogen and oxygen atoms in total. The molecular formula is C14H19ClO3. The fourth-order valence-electron chi connectivity index (χ4n) is 2.24. The van der Waals surface area contributed by atoms with Crippen LogP contribution in [0.5, 0.6) is 11.5 Å². The van der Waals surface area contributed by atoms with Crippen LogP contribution >= 0.6 is 11.6 Å². The predicted molar refractivity (Wildman–Crippen MR) is 71.7 cm³/mol. The maximum Gasteiger partial charge on any atom is 0.161 e. The lowest BCUT2D eigenvalue weighted by Gasteiger charge is -2.27. The first-order valence-corrected chi connectivity index (χ1v) is 6.67. The van der Waals surface area contributed by atoms with E-state index in [1.54, 1.807) is 14.2 Å². The Morgan fingerprint density at radius 1 is 1.22 bits per heavy atom. The van der Waals surface area contributed by atoms with Crippen LogP contribution in [0.15, 0.2) is 18.2 Å². The molecule has 4 heteroatoms. The van der Waals surface area contributed by atoms with Crippen molar-refractivity contribution in [2.75, 3.05) is 20.8 Å². The summed E-state index contributed by atoms with van der Waals surface area (Å²) in [4.78, 5) is 0. The average molecular weight is 271 g/mol. The van der Waals surface area contributed by atoms with Gasteiger partial charge >= 0.3 is 0 Å². The second-order valence-corrected chi connectivity index (χ2v) is 4.89. The molecule has 0 aromatic heterocycles. The molecule has 18 heavy (non-hydrogen) atoms. The molecule has 1 aromatic carbocycles. The quantitative estimate of drug-likeness (QED) is 0.783. The van der Waals surface area contributed by atoms with Gasteiger partial charge in [-0.15, -0.1) is 11.6 Å². The van der Waals surface area contributed by atoms with Gasteiger partial charge in [0.2, 0.25) is 0 Å². The minimum atomic E-state index is -0.134. The van der Waals surface area contributed by atoms with Crippen LogP contribution in [-0.4, -0.2) is 26.9 Å². The van der Waals surface area contributed by atoms with Crippen LogP contribution in [0.3, 0.4) is 0 Å². The number of hydrogen-bond donors (Lipinski definition) is 0. The first-order chi connectivity index (χ1) is 8.76. The second kappa shape index (κ2) is 6.30. The molecule has 1 fully saturated rings. The van der Waals surface area contributed by atoms with Gasteiger partial charge in [0.25, 0.3) is 0 Å². The monoisotopic (exact) mass is 270 g/mol. The summed E-state index contributed by atoms with van der Waals surface area (Å²) >= 11 is 6.49. The first kappa shape index (κ1) is 13.5. The van der Waals surface area contributed by atoms with E-state index in [-0.39, 0.29) is 11.5 Å². The van der Waals surface area contributed by atoms with Gasteiger partial charge in [0.15, 0.2) is 11.5 Å². The molecule has 1 saturated heterocycles. The van der Waals surface area contributed by atoms with Crippen molar-refractivity contribution in [2.24, 2.45) is 0 Å². The van der Waals surface area contributed by atoms with E-state index in [1.807, 2.05) is 18.2 Å². The number of benzene rings is 1. The van der Waals surface area contributed by atoms with Gasteiger partial charge in [-0.1, -0.05) is 6.07 Å². The Morgan fingerprint density at radius 3 is 2.61 bits per heavy atom. The maximum absolute atomic E-state index is 6.49. The molecule has 1 aliphatic rings. The third-order valence-electron chi connectivity index (χ3n) is 3.27. The van der Waals surface area contributed by atoms with Gasteiger partial charge in [-0.2, -0.15) is 0 Å². The number of hydrogen-bond acceptors (Lipinski definition) is 3. The van der Waals surface area contributed by atoms with E-state index in [0.717, 1.165) is 30.8 Å². The molecular weight excluding hydrogens is 252 g/mol. The summed E-state index contributed by atoms with van der Waals surface area (Å²) in [5.74, 6) is 1.42. The Bertz CT molecular complexity index is 389. The standard InChI is InChI=1S/C14H19ClO3/c1-16-11-7-6-10(9-13(11)17-2)14(15)12-5-3-4-8-18-12/h6-7,9,12,14H,3-5,8H2,1-2H3. The van der Waals surface area contributed by atoms with E-state index in [2.05, 4.69) is 0 Å². The molecule has 0 aliphatic carbocycles. The number of rotatable bonds is 4. The minimum absolute atomic E-state index is 0.0958. The van der Waals surface area contributed by atoms with Gasteiger partial charge in [0.1, 0.15) is 0 Å². The Balaban J connectivity index is 2.16. The fourth-order valence-corrected chi connectivity index (χ4v) is 2.57. The van der Waals surface area contributed by atoms with E-state index in [4.69, 9.17) is 25.8 Å². The summed E-state index contributed by atoms with van der Waals surface area (Å²) in [6.45, 7) is 0.807. The number of halogens is 1. The van der Waals surface area contributed by atoms with E-state index < -0.39 is 0 Å². The molecule has 1 heterocycles. The van der Waals surface area contributed by atoms with Crippen molar-refractivity contribution in [3.8, 4) is 11.5 Å². The maximum atomic E-state index is 6.49.